The van der Waals surface area contributed by atoms with Crippen LogP contribution in [0.4, 0.5) is 17.1 Å². The molecule has 2 saturated heterocycles. The second kappa shape index (κ2) is 5.11. The normalized spacial score (nSPS) is 25.1. The number of hydrogen-bond acceptors (Lipinski definition) is 6. The van der Waals surface area contributed by atoms with Crippen molar-refractivity contribution in [2.45, 2.75) is 0 Å². The van der Waals surface area contributed by atoms with Crippen molar-refractivity contribution in [2.24, 2.45) is 11.8 Å². The zero-order chi connectivity index (χ0) is 15.1. The molecule has 2 fully saturated rings. The van der Waals surface area contributed by atoms with E-state index in [4.69, 9.17) is 16.2 Å². The van der Waals surface area contributed by atoms with Crippen LogP contribution in [0.1, 0.15) is 10.4 Å². The Bertz CT molecular complexity index is 538. The first-order valence-electron chi connectivity index (χ1n) is 7.20. The highest BCUT2D eigenvalue weighted by Crippen LogP contribution is 2.39. The first kappa shape index (κ1) is 14.0. The fraction of sp³-hybridized carbons (Fsp3) is 0.533. The lowest BCUT2D eigenvalue weighted by atomic mass is 10.0. The smallest absolute Gasteiger partial charge is 0.338 e. The number of nitrogen functional groups attached to an aromatic ring is 2. The second-order valence-electron chi connectivity index (χ2n) is 6.14. The van der Waals surface area contributed by atoms with Crippen LogP contribution in [0.25, 0.3) is 0 Å². The number of nitrogens with zero attached hydrogens (tertiary/aromatic N) is 2. The van der Waals surface area contributed by atoms with E-state index in [2.05, 4.69) is 16.8 Å². The minimum Gasteiger partial charge on any atom is -0.465 e. The monoisotopic (exact) mass is 290 g/mol. The predicted molar refractivity (Wildman–Crippen MR) is 83.3 cm³/mol. The van der Waals surface area contributed by atoms with Crippen LogP contribution in [0.3, 0.4) is 0 Å². The molecule has 0 aromatic heterocycles. The number of methoxy groups -OCH3 is 1. The van der Waals surface area contributed by atoms with Crippen molar-refractivity contribution in [3.05, 3.63) is 17.7 Å². The molecule has 21 heavy (non-hydrogen) atoms. The van der Waals surface area contributed by atoms with Crippen LogP contribution in [-0.4, -0.2) is 51.2 Å². The Hall–Kier alpha value is -1.95. The predicted octanol–water partition coefficient (Wildman–Crippen LogP) is 0.635. The summed E-state index contributed by atoms with van der Waals surface area (Å²) in [6.07, 6.45) is 0. The third kappa shape index (κ3) is 2.40. The molecule has 0 unspecified atom stereocenters. The number of anilines is 3. The lowest BCUT2D eigenvalue weighted by Gasteiger charge is -2.24. The van der Waals surface area contributed by atoms with E-state index < -0.39 is 5.97 Å². The maximum absolute atomic E-state index is 11.6. The van der Waals surface area contributed by atoms with E-state index in [1.165, 1.54) is 7.11 Å². The van der Waals surface area contributed by atoms with Crippen molar-refractivity contribution in [1.29, 1.82) is 0 Å². The highest BCUT2D eigenvalue weighted by Gasteiger charge is 2.39. The number of ether oxygens (including phenoxy) is 1. The molecule has 6 heteroatoms. The highest BCUT2D eigenvalue weighted by molar-refractivity contribution is 5.95. The average Bonchev–Trinajstić information content (AvgIpc) is 2.93. The van der Waals surface area contributed by atoms with Crippen LogP contribution in [0.2, 0.25) is 0 Å². The van der Waals surface area contributed by atoms with Gasteiger partial charge < -0.3 is 26.0 Å². The summed E-state index contributed by atoms with van der Waals surface area (Å²) >= 11 is 0. The Morgan fingerprint density at radius 1 is 1.14 bits per heavy atom. The Balaban J connectivity index is 1.85. The zero-order valence-corrected chi connectivity index (χ0v) is 12.5. The molecule has 0 saturated carbocycles. The van der Waals surface area contributed by atoms with Gasteiger partial charge in [0.05, 0.1) is 29.7 Å². The van der Waals surface area contributed by atoms with Gasteiger partial charge in [0.1, 0.15) is 0 Å². The molecule has 2 atom stereocenters. The summed E-state index contributed by atoms with van der Waals surface area (Å²) < 4.78 is 4.71. The summed E-state index contributed by atoms with van der Waals surface area (Å²) in [6.45, 7) is 4.20. The topological polar surface area (TPSA) is 84.8 Å². The number of hydrogen-bond donors (Lipinski definition) is 2. The molecule has 6 nitrogen and oxygen atoms in total. The van der Waals surface area contributed by atoms with Crippen molar-refractivity contribution in [3.63, 3.8) is 0 Å². The van der Waals surface area contributed by atoms with Crippen molar-refractivity contribution in [2.75, 3.05) is 56.7 Å². The van der Waals surface area contributed by atoms with E-state index in [1.54, 1.807) is 12.1 Å². The molecule has 3 rings (SSSR count). The van der Waals surface area contributed by atoms with Crippen LogP contribution in [0.5, 0.6) is 0 Å². The Morgan fingerprint density at radius 2 is 1.67 bits per heavy atom. The molecule has 0 aliphatic carbocycles. The summed E-state index contributed by atoms with van der Waals surface area (Å²) in [4.78, 5) is 16.2. The standard InChI is InChI=1S/C15H22N4O2/c1-18-5-10-7-19(8-11(10)6-18)14-12(16)3-9(4-13(14)17)15(20)21-2/h3-4,10-11H,5-8,16-17H2,1-2H3/t10-,11+. The number of likely N-dealkylation sites (tertiary alicyclic amines) is 1. The van der Waals surface area contributed by atoms with Crippen molar-refractivity contribution in [3.8, 4) is 0 Å². The Labute approximate surface area is 124 Å². The lowest BCUT2D eigenvalue weighted by Crippen LogP contribution is -2.28. The maximum atomic E-state index is 11.6. The Morgan fingerprint density at radius 3 is 2.14 bits per heavy atom. The number of fused-ring (bicyclic) bond motifs is 1. The van der Waals surface area contributed by atoms with Crippen LogP contribution >= 0.6 is 0 Å². The van der Waals surface area contributed by atoms with Crippen molar-refractivity contribution >= 4 is 23.0 Å². The van der Waals surface area contributed by atoms with Crippen molar-refractivity contribution < 1.29 is 9.53 Å². The van der Waals surface area contributed by atoms with Gasteiger partial charge in [-0.25, -0.2) is 4.79 Å². The number of nitrogens with two attached hydrogens (primary N) is 2. The molecule has 4 N–H and O–H groups in total. The summed E-state index contributed by atoms with van der Waals surface area (Å²) in [7, 11) is 3.51. The third-order valence-electron chi connectivity index (χ3n) is 4.58. The van der Waals surface area contributed by atoms with Gasteiger partial charge in [-0.15, -0.1) is 0 Å². The molecule has 2 heterocycles. The van der Waals surface area contributed by atoms with E-state index >= 15 is 0 Å². The summed E-state index contributed by atoms with van der Waals surface area (Å²) in [5.41, 5.74) is 14.6. The molecule has 0 radical (unpaired) electrons. The molecular weight excluding hydrogens is 268 g/mol. The quantitative estimate of drug-likeness (QED) is 0.614. The molecule has 2 aliphatic heterocycles. The number of benzene rings is 1. The molecule has 1 aromatic rings. The minimum atomic E-state index is -0.417. The van der Waals surface area contributed by atoms with Gasteiger partial charge in [0.15, 0.2) is 0 Å². The third-order valence-corrected chi connectivity index (χ3v) is 4.58. The van der Waals surface area contributed by atoms with Gasteiger partial charge in [0.25, 0.3) is 0 Å². The van der Waals surface area contributed by atoms with Crippen LogP contribution in [0.15, 0.2) is 12.1 Å². The first-order valence-corrected chi connectivity index (χ1v) is 7.20. The van der Waals surface area contributed by atoms with Gasteiger partial charge in [0.2, 0.25) is 0 Å². The first-order chi connectivity index (χ1) is 9.99. The fourth-order valence-electron chi connectivity index (χ4n) is 3.69. The molecule has 0 bridgehead atoms. The van der Waals surface area contributed by atoms with Gasteiger partial charge in [-0.1, -0.05) is 0 Å². The van der Waals surface area contributed by atoms with E-state index in [0.717, 1.165) is 31.9 Å². The van der Waals surface area contributed by atoms with Crippen LogP contribution < -0.4 is 16.4 Å². The maximum Gasteiger partial charge on any atom is 0.338 e. The summed E-state index contributed by atoms with van der Waals surface area (Å²) in [5.74, 6) is 0.933. The number of carbonyl (C=O) groups is 1. The zero-order valence-electron chi connectivity index (χ0n) is 12.5. The van der Waals surface area contributed by atoms with E-state index in [9.17, 15) is 4.79 Å². The molecule has 0 spiro atoms. The average molecular weight is 290 g/mol. The van der Waals surface area contributed by atoms with E-state index in [0.29, 0.717) is 28.8 Å². The summed E-state index contributed by atoms with van der Waals surface area (Å²) in [6, 6.07) is 3.30. The minimum absolute atomic E-state index is 0.398. The number of esters is 1. The molecule has 114 valence electrons. The van der Waals surface area contributed by atoms with Crippen LogP contribution in [-0.2, 0) is 4.74 Å². The Kier molecular flexibility index (Phi) is 3.41. The van der Waals surface area contributed by atoms with Gasteiger partial charge in [-0.05, 0) is 31.0 Å². The van der Waals surface area contributed by atoms with Gasteiger partial charge in [-0.3, -0.25) is 0 Å². The molecule has 2 aliphatic rings. The van der Waals surface area contributed by atoms with Crippen molar-refractivity contribution in [1.82, 2.24) is 4.90 Å². The highest BCUT2D eigenvalue weighted by atomic mass is 16.5. The second-order valence-corrected chi connectivity index (χ2v) is 6.14. The molecule has 1 aromatic carbocycles. The van der Waals surface area contributed by atoms with Gasteiger partial charge in [0, 0.05) is 26.2 Å². The van der Waals surface area contributed by atoms with E-state index in [1.807, 2.05) is 0 Å². The summed E-state index contributed by atoms with van der Waals surface area (Å²) in [5, 5.41) is 0. The SMILES string of the molecule is COC(=O)c1cc(N)c(N2C[C@H]3CN(C)C[C@H]3C2)c(N)c1. The fourth-order valence-corrected chi connectivity index (χ4v) is 3.69. The molecule has 0 amide bonds. The van der Waals surface area contributed by atoms with E-state index in [-0.39, 0.29) is 0 Å². The molecular formula is C15H22N4O2. The number of carbonyl (C=O) groups excluding carboxylic acids is 1. The van der Waals surface area contributed by atoms with Gasteiger partial charge >= 0.3 is 5.97 Å². The largest absolute Gasteiger partial charge is 0.465 e. The number of rotatable bonds is 2. The van der Waals surface area contributed by atoms with Crippen LogP contribution in [0, 0.1) is 11.8 Å². The lowest BCUT2D eigenvalue weighted by molar-refractivity contribution is 0.0601. The van der Waals surface area contributed by atoms with Gasteiger partial charge in [-0.2, -0.15) is 0 Å².